The van der Waals surface area contributed by atoms with Gasteiger partial charge in [-0.05, 0) is 12.1 Å². The minimum atomic E-state index is -4.82. The Morgan fingerprint density at radius 3 is 2.36 bits per heavy atom. The van der Waals surface area contributed by atoms with Crippen LogP contribution in [0.1, 0.15) is 5.69 Å². The number of pyridine rings is 1. The van der Waals surface area contributed by atoms with Gasteiger partial charge >= 0.3 is 6.18 Å². The molecule has 0 aromatic carbocycles. The Morgan fingerprint density at radius 2 is 2.00 bits per heavy atom. The SMILES string of the molecule is NCC(O)(c1ccccn1)C(F)(F)F. The first-order valence-corrected chi connectivity index (χ1v) is 3.82. The van der Waals surface area contributed by atoms with Crippen molar-refractivity contribution < 1.29 is 18.3 Å². The van der Waals surface area contributed by atoms with Crippen LogP contribution in [0.15, 0.2) is 24.4 Å². The molecule has 3 nitrogen and oxygen atoms in total. The van der Waals surface area contributed by atoms with Gasteiger partial charge in [0.15, 0.2) is 0 Å². The Kier molecular flexibility index (Phi) is 2.77. The molecule has 0 saturated carbocycles. The van der Waals surface area contributed by atoms with Crippen molar-refractivity contribution >= 4 is 0 Å². The van der Waals surface area contributed by atoms with Crippen molar-refractivity contribution in [2.45, 2.75) is 11.8 Å². The molecule has 1 atom stereocenters. The number of hydrogen-bond donors (Lipinski definition) is 2. The van der Waals surface area contributed by atoms with E-state index in [0.29, 0.717) is 0 Å². The molecule has 1 aromatic heterocycles. The minimum Gasteiger partial charge on any atom is -0.374 e. The van der Waals surface area contributed by atoms with Crippen LogP contribution in [0.4, 0.5) is 13.2 Å². The van der Waals surface area contributed by atoms with Crippen molar-refractivity contribution in [1.82, 2.24) is 4.98 Å². The maximum Gasteiger partial charge on any atom is 0.424 e. The number of rotatable bonds is 2. The van der Waals surface area contributed by atoms with Gasteiger partial charge in [-0.2, -0.15) is 13.2 Å². The van der Waals surface area contributed by atoms with Crippen LogP contribution in [-0.2, 0) is 5.60 Å². The standard InChI is InChI=1S/C8H9F3N2O/c9-8(10,11)7(14,5-12)6-3-1-2-4-13-6/h1-4,14H,5,12H2. The Bertz CT molecular complexity index is 301. The molecule has 1 heterocycles. The van der Waals surface area contributed by atoms with Crippen molar-refractivity contribution in [3.8, 4) is 0 Å². The monoisotopic (exact) mass is 206 g/mol. The van der Waals surface area contributed by atoms with Crippen LogP contribution in [0.2, 0.25) is 0 Å². The van der Waals surface area contributed by atoms with Crippen molar-refractivity contribution in [1.29, 1.82) is 0 Å². The van der Waals surface area contributed by atoms with Gasteiger partial charge in [0, 0.05) is 12.7 Å². The van der Waals surface area contributed by atoms with E-state index in [9.17, 15) is 18.3 Å². The summed E-state index contributed by atoms with van der Waals surface area (Å²) < 4.78 is 37.3. The van der Waals surface area contributed by atoms with Gasteiger partial charge in [0.1, 0.15) is 0 Å². The molecule has 14 heavy (non-hydrogen) atoms. The van der Waals surface area contributed by atoms with Crippen LogP contribution in [0, 0.1) is 0 Å². The van der Waals surface area contributed by atoms with Crippen molar-refractivity contribution in [2.75, 3.05) is 6.54 Å². The summed E-state index contributed by atoms with van der Waals surface area (Å²) in [6.45, 7) is -0.951. The number of nitrogens with zero attached hydrogens (tertiary/aromatic N) is 1. The number of alkyl halides is 3. The molecular weight excluding hydrogens is 197 g/mol. The summed E-state index contributed by atoms with van der Waals surface area (Å²) >= 11 is 0. The molecule has 3 N–H and O–H groups in total. The van der Waals surface area contributed by atoms with E-state index in [1.807, 2.05) is 0 Å². The summed E-state index contributed by atoms with van der Waals surface area (Å²) in [7, 11) is 0. The number of aromatic nitrogens is 1. The van der Waals surface area contributed by atoms with Gasteiger partial charge in [-0.3, -0.25) is 4.98 Å². The van der Waals surface area contributed by atoms with Gasteiger partial charge < -0.3 is 10.8 Å². The fourth-order valence-electron chi connectivity index (χ4n) is 0.973. The molecular formula is C8H9F3N2O. The molecule has 0 fully saturated rings. The highest BCUT2D eigenvalue weighted by Gasteiger charge is 2.55. The molecule has 0 bridgehead atoms. The molecule has 1 aromatic rings. The number of aliphatic hydroxyl groups is 1. The molecule has 0 saturated heterocycles. The maximum atomic E-state index is 12.4. The lowest BCUT2D eigenvalue weighted by atomic mass is 9.99. The van der Waals surface area contributed by atoms with Gasteiger partial charge in [-0.25, -0.2) is 0 Å². The van der Waals surface area contributed by atoms with Gasteiger partial charge in [-0.1, -0.05) is 6.07 Å². The van der Waals surface area contributed by atoms with E-state index in [1.165, 1.54) is 18.3 Å². The third-order valence-electron chi connectivity index (χ3n) is 1.85. The van der Waals surface area contributed by atoms with Crippen LogP contribution < -0.4 is 5.73 Å². The second-order valence-electron chi connectivity index (χ2n) is 2.78. The minimum absolute atomic E-state index is 0.491. The van der Waals surface area contributed by atoms with Crippen molar-refractivity contribution in [2.24, 2.45) is 5.73 Å². The molecule has 0 amide bonds. The summed E-state index contributed by atoms with van der Waals surface area (Å²) in [5.74, 6) is 0. The van der Waals surface area contributed by atoms with Crippen LogP contribution in [-0.4, -0.2) is 22.8 Å². The topological polar surface area (TPSA) is 59.1 Å². The number of hydrogen-bond acceptors (Lipinski definition) is 3. The summed E-state index contributed by atoms with van der Waals surface area (Å²) in [5, 5.41) is 9.32. The molecule has 0 aliphatic rings. The summed E-state index contributed by atoms with van der Waals surface area (Å²) in [6, 6.07) is 3.89. The lowest BCUT2D eigenvalue weighted by Crippen LogP contribution is -2.48. The van der Waals surface area contributed by atoms with E-state index < -0.39 is 24.0 Å². The van der Waals surface area contributed by atoms with Crippen LogP contribution in [0.5, 0.6) is 0 Å². The van der Waals surface area contributed by atoms with E-state index in [4.69, 9.17) is 5.73 Å². The fourth-order valence-corrected chi connectivity index (χ4v) is 0.973. The van der Waals surface area contributed by atoms with Crippen molar-refractivity contribution in [3.05, 3.63) is 30.1 Å². The average molecular weight is 206 g/mol. The zero-order valence-corrected chi connectivity index (χ0v) is 7.12. The normalized spacial score (nSPS) is 16.4. The molecule has 0 aliphatic heterocycles. The van der Waals surface area contributed by atoms with Crippen molar-refractivity contribution in [3.63, 3.8) is 0 Å². The van der Waals surface area contributed by atoms with E-state index in [1.54, 1.807) is 0 Å². The van der Waals surface area contributed by atoms with Gasteiger partial charge in [-0.15, -0.1) is 0 Å². The largest absolute Gasteiger partial charge is 0.424 e. The Labute approximate surface area is 78.4 Å². The fraction of sp³-hybridized carbons (Fsp3) is 0.375. The highest BCUT2D eigenvalue weighted by atomic mass is 19.4. The third kappa shape index (κ3) is 1.71. The average Bonchev–Trinajstić information content (AvgIpc) is 2.16. The smallest absolute Gasteiger partial charge is 0.374 e. The van der Waals surface area contributed by atoms with Gasteiger partial charge in [0.05, 0.1) is 5.69 Å². The van der Waals surface area contributed by atoms with Crippen LogP contribution in [0.3, 0.4) is 0 Å². The van der Waals surface area contributed by atoms with Gasteiger partial charge in [0.25, 0.3) is 0 Å². The predicted molar refractivity (Wildman–Crippen MR) is 43.2 cm³/mol. The molecule has 0 aliphatic carbocycles. The summed E-state index contributed by atoms with van der Waals surface area (Å²) in [4.78, 5) is 3.44. The first-order valence-electron chi connectivity index (χ1n) is 3.82. The molecule has 1 unspecified atom stereocenters. The maximum absolute atomic E-state index is 12.4. The summed E-state index contributed by atoms with van der Waals surface area (Å²) in [5.41, 5.74) is 1.36. The first kappa shape index (κ1) is 10.9. The predicted octanol–water partition coefficient (Wildman–Crippen LogP) is 0.790. The third-order valence-corrected chi connectivity index (χ3v) is 1.85. The highest BCUT2D eigenvalue weighted by molar-refractivity contribution is 5.16. The molecule has 1 rings (SSSR count). The number of halogens is 3. The van der Waals surface area contributed by atoms with Gasteiger partial charge in [0.2, 0.25) is 5.60 Å². The molecule has 0 radical (unpaired) electrons. The zero-order valence-electron chi connectivity index (χ0n) is 7.12. The first-order chi connectivity index (χ1) is 6.42. The lowest BCUT2D eigenvalue weighted by Gasteiger charge is -2.28. The second-order valence-corrected chi connectivity index (χ2v) is 2.78. The van der Waals surface area contributed by atoms with Crippen LogP contribution in [0.25, 0.3) is 0 Å². The number of nitrogens with two attached hydrogens (primary N) is 1. The van der Waals surface area contributed by atoms with E-state index in [0.717, 1.165) is 6.07 Å². The molecule has 6 heteroatoms. The zero-order chi connectivity index (χ0) is 10.8. The Balaban J connectivity index is 3.15. The Hall–Kier alpha value is -1.14. The quantitative estimate of drug-likeness (QED) is 0.752. The lowest BCUT2D eigenvalue weighted by molar-refractivity contribution is -0.263. The molecule has 78 valence electrons. The molecule has 0 spiro atoms. The second kappa shape index (κ2) is 3.55. The van der Waals surface area contributed by atoms with Crippen LogP contribution >= 0.6 is 0 Å². The highest BCUT2D eigenvalue weighted by Crippen LogP contribution is 2.36. The van der Waals surface area contributed by atoms with E-state index >= 15 is 0 Å². The Morgan fingerprint density at radius 1 is 1.36 bits per heavy atom. The summed E-state index contributed by atoms with van der Waals surface area (Å²) in [6.07, 6.45) is -3.65. The van der Waals surface area contributed by atoms with E-state index in [-0.39, 0.29) is 0 Å². The van der Waals surface area contributed by atoms with E-state index in [2.05, 4.69) is 4.98 Å².